The van der Waals surface area contributed by atoms with Crippen LogP contribution in [0.2, 0.25) is 5.02 Å². The van der Waals surface area contributed by atoms with Gasteiger partial charge >= 0.3 is 0 Å². The Kier molecular flexibility index (Phi) is 9.42. The van der Waals surface area contributed by atoms with Crippen LogP contribution in [-0.4, -0.2) is 45.6 Å². The van der Waals surface area contributed by atoms with Crippen LogP contribution in [0.5, 0.6) is 0 Å². The van der Waals surface area contributed by atoms with E-state index in [4.69, 9.17) is 21.4 Å². The van der Waals surface area contributed by atoms with Crippen molar-refractivity contribution in [1.82, 2.24) is 5.32 Å². The standard InChI is InChI=1S/C16H27ClN2O2/c1-19(9-4-3-5-10-20)16-7-6-14(12-15(16)17)13-18-8-11-21-2/h6-7,12,18,20H,3-5,8-11,13H2,1-2H3. The van der Waals surface area contributed by atoms with Gasteiger partial charge in [-0.25, -0.2) is 0 Å². The predicted molar refractivity (Wildman–Crippen MR) is 89.2 cm³/mol. The first-order chi connectivity index (χ1) is 10.2. The van der Waals surface area contributed by atoms with Crippen LogP contribution < -0.4 is 10.2 Å². The van der Waals surface area contributed by atoms with Gasteiger partial charge in [0, 0.05) is 40.4 Å². The van der Waals surface area contributed by atoms with Gasteiger partial charge in [0.1, 0.15) is 0 Å². The summed E-state index contributed by atoms with van der Waals surface area (Å²) in [7, 11) is 3.75. The van der Waals surface area contributed by atoms with Gasteiger partial charge in [-0.05, 0) is 37.0 Å². The molecule has 120 valence electrons. The molecule has 1 aromatic carbocycles. The number of ether oxygens (including phenoxy) is 1. The zero-order valence-electron chi connectivity index (χ0n) is 13.1. The molecule has 0 saturated carbocycles. The van der Waals surface area contributed by atoms with Crippen molar-refractivity contribution >= 4 is 17.3 Å². The lowest BCUT2D eigenvalue weighted by molar-refractivity contribution is 0.199. The highest BCUT2D eigenvalue weighted by Gasteiger charge is 2.06. The summed E-state index contributed by atoms with van der Waals surface area (Å²) < 4.78 is 5.00. The van der Waals surface area contributed by atoms with E-state index in [1.54, 1.807) is 7.11 Å². The minimum Gasteiger partial charge on any atom is -0.396 e. The maximum absolute atomic E-state index is 8.78. The molecule has 21 heavy (non-hydrogen) atoms. The molecule has 0 aliphatic carbocycles. The summed E-state index contributed by atoms with van der Waals surface area (Å²) in [6, 6.07) is 6.19. The SMILES string of the molecule is COCCNCc1ccc(N(C)CCCCCO)c(Cl)c1. The van der Waals surface area contributed by atoms with Crippen LogP contribution in [0.15, 0.2) is 18.2 Å². The van der Waals surface area contributed by atoms with Gasteiger partial charge in [-0.3, -0.25) is 0 Å². The molecule has 5 heteroatoms. The molecule has 0 fully saturated rings. The lowest BCUT2D eigenvalue weighted by Crippen LogP contribution is -2.20. The smallest absolute Gasteiger partial charge is 0.0642 e. The second-order valence-corrected chi connectivity index (χ2v) is 5.57. The normalized spacial score (nSPS) is 10.9. The van der Waals surface area contributed by atoms with Crippen molar-refractivity contribution in [1.29, 1.82) is 0 Å². The second-order valence-electron chi connectivity index (χ2n) is 5.16. The molecule has 0 aromatic heterocycles. The van der Waals surface area contributed by atoms with Crippen LogP contribution in [0.1, 0.15) is 24.8 Å². The third-order valence-electron chi connectivity index (χ3n) is 3.39. The molecular formula is C16H27ClN2O2. The van der Waals surface area contributed by atoms with Crippen molar-refractivity contribution in [3.05, 3.63) is 28.8 Å². The van der Waals surface area contributed by atoms with Crippen molar-refractivity contribution in [2.45, 2.75) is 25.8 Å². The molecule has 1 aromatic rings. The number of unbranched alkanes of at least 4 members (excludes halogenated alkanes) is 2. The number of hydrogen-bond acceptors (Lipinski definition) is 4. The van der Waals surface area contributed by atoms with Gasteiger partial charge in [0.2, 0.25) is 0 Å². The van der Waals surface area contributed by atoms with E-state index in [9.17, 15) is 0 Å². The molecule has 0 atom stereocenters. The Hall–Kier alpha value is -0.810. The summed E-state index contributed by atoms with van der Waals surface area (Å²) in [5, 5.41) is 12.9. The molecule has 0 radical (unpaired) electrons. The molecule has 0 spiro atoms. The summed E-state index contributed by atoms with van der Waals surface area (Å²) >= 11 is 6.37. The number of rotatable bonds is 11. The fraction of sp³-hybridized carbons (Fsp3) is 0.625. The Labute approximate surface area is 133 Å². The predicted octanol–water partition coefficient (Wildman–Crippen LogP) is 2.67. The van der Waals surface area contributed by atoms with Crippen LogP contribution in [0.3, 0.4) is 0 Å². The Morgan fingerprint density at radius 3 is 2.76 bits per heavy atom. The molecule has 0 aliphatic heterocycles. The van der Waals surface area contributed by atoms with E-state index in [0.29, 0.717) is 6.61 Å². The molecule has 0 heterocycles. The third kappa shape index (κ3) is 7.14. The lowest BCUT2D eigenvalue weighted by atomic mass is 10.1. The van der Waals surface area contributed by atoms with Gasteiger partial charge in [-0.15, -0.1) is 0 Å². The van der Waals surface area contributed by atoms with E-state index < -0.39 is 0 Å². The number of benzene rings is 1. The number of halogens is 1. The molecule has 0 unspecified atom stereocenters. The number of aliphatic hydroxyl groups excluding tert-OH is 1. The van der Waals surface area contributed by atoms with E-state index in [1.165, 1.54) is 5.56 Å². The first-order valence-electron chi connectivity index (χ1n) is 7.49. The topological polar surface area (TPSA) is 44.7 Å². The Morgan fingerprint density at radius 2 is 2.10 bits per heavy atom. The quantitative estimate of drug-likeness (QED) is 0.616. The zero-order chi connectivity index (χ0) is 15.5. The van der Waals surface area contributed by atoms with Gasteiger partial charge < -0.3 is 20.1 Å². The molecule has 0 bridgehead atoms. The Balaban J connectivity index is 2.45. The van der Waals surface area contributed by atoms with Crippen LogP contribution >= 0.6 is 11.6 Å². The van der Waals surface area contributed by atoms with E-state index in [2.05, 4.69) is 29.4 Å². The monoisotopic (exact) mass is 314 g/mol. The van der Waals surface area contributed by atoms with E-state index in [-0.39, 0.29) is 6.61 Å². The molecule has 0 amide bonds. The summed E-state index contributed by atoms with van der Waals surface area (Å²) in [5.74, 6) is 0. The summed E-state index contributed by atoms with van der Waals surface area (Å²) in [6.45, 7) is 3.56. The number of hydrogen-bond donors (Lipinski definition) is 2. The van der Waals surface area contributed by atoms with Gasteiger partial charge in [0.15, 0.2) is 0 Å². The molecule has 0 aliphatic rings. The van der Waals surface area contributed by atoms with Crippen LogP contribution in [0.4, 0.5) is 5.69 Å². The molecule has 1 rings (SSSR count). The van der Waals surface area contributed by atoms with Gasteiger partial charge in [-0.1, -0.05) is 17.7 Å². The summed E-state index contributed by atoms with van der Waals surface area (Å²) in [4.78, 5) is 2.17. The molecule has 0 saturated heterocycles. The van der Waals surface area contributed by atoms with Crippen LogP contribution in [0, 0.1) is 0 Å². The fourth-order valence-corrected chi connectivity index (χ4v) is 2.48. The highest BCUT2D eigenvalue weighted by atomic mass is 35.5. The van der Waals surface area contributed by atoms with Crippen molar-refractivity contribution in [3.8, 4) is 0 Å². The largest absolute Gasteiger partial charge is 0.396 e. The molecular weight excluding hydrogens is 288 g/mol. The first kappa shape index (κ1) is 18.2. The van der Waals surface area contributed by atoms with E-state index in [0.717, 1.165) is 49.6 Å². The van der Waals surface area contributed by atoms with Crippen molar-refractivity contribution in [2.24, 2.45) is 0 Å². The minimum atomic E-state index is 0.273. The molecule has 2 N–H and O–H groups in total. The number of anilines is 1. The Morgan fingerprint density at radius 1 is 1.29 bits per heavy atom. The van der Waals surface area contributed by atoms with Crippen LogP contribution in [0.25, 0.3) is 0 Å². The van der Waals surface area contributed by atoms with Crippen molar-refractivity contribution in [3.63, 3.8) is 0 Å². The Bertz CT molecular complexity index is 402. The maximum Gasteiger partial charge on any atom is 0.0642 e. The second kappa shape index (κ2) is 10.9. The summed E-state index contributed by atoms with van der Waals surface area (Å²) in [5.41, 5.74) is 2.23. The van der Waals surface area contributed by atoms with Crippen LogP contribution in [-0.2, 0) is 11.3 Å². The number of nitrogens with zero attached hydrogens (tertiary/aromatic N) is 1. The van der Waals surface area contributed by atoms with Gasteiger partial charge in [0.05, 0.1) is 17.3 Å². The average Bonchev–Trinajstić information content (AvgIpc) is 2.48. The number of aliphatic hydroxyl groups is 1. The highest BCUT2D eigenvalue weighted by molar-refractivity contribution is 6.33. The highest BCUT2D eigenvalue weighted by Crippen LogP contribution is 2.26. The molecule has 4 nitrogen and oxygen atoms in total. The number of nitrogens with one attached hydrogen (secondary N) is 1. The average molecular weight is 315 g/mol. The maximum atomic E-state index is 8.78. The van der Waals surface area contributed by atoms with Crippen molar-refractivity contribution in [2.75, 3.05) is 45.4 Å². The number of methoxy groups -OCH3 is 1. The van der Waals surface area contributed by atoms with Gasteiger partial charge in [0.25, 0.3) is 0 Å². The summed E-state index contributed by atoms with van der Waals surface area (Å²) in [6.07, 6.45) is 2.97. The zero-order valence-corrected chi connectivity index (χ0v) is 13.8. The minimum absolute atomic E-state index is 0.273. The first-order valence-corrected chi connectivity index (χ1v) is 7.87. The third-order valence-corrected chi connectivity index (χ3v) is 3.69. The van der Waals surface area contributed by atoms with Crippen molar-refractivity contribution < 1.29 is 9.84 Å². The van der Waals surface area contributed by atoms with Gasteiger partial charge in [-0.2, -0.15) is 0 Å². The lowest BCUT2D eigenvalue weighted by Gasteiger charge is -2.21. The fourth-order valence-electron chi connectivity index (χ4n) is 2.13. The van der Waals surface area contributed by atoms with E-state index >= 15 is 0 Å². The van der Waals surface area contributed by atoms with E-state index in [1.807, 2.05) is 6.07 Å².